The lowest BCUT2D eigenvalue weighted by molar-refractivity contribution is -0.870. The lowest BCUT2D eigenvalue weighted by Gasteiger charge is -2.29. The van der Waals surface area contributed by atoms with Gasteiger partial charge in [-0.1, -0.05) is 212 Å². The molecule has 0 heterocycles. The van der Waals surface area contributed by atoms with Gasteiger partial charge in [0, 0.05) is 6.42 Å². The first-order valence-electron chi connectivity index (χ1n) is 26.9. The van der Waals surface area contributed by atoms with Crippen LogP contribution in [0.5, 0.6) is 0 Å². The summed E-state index contributed by atoms with van der Waals surface area (Å²) in [6.45, 7) is 4.40. The van der Waals surface area contributed by atoms with Crippen LogP contribution in [0.15, 0.2) is 122 Å². The quantitative estimate of drug-likeness (QED) is 0.0272. The van der Waals surface area contributed by atoms with Crippen molar-refractivity contribution in [2.75, 3.05) is 40.9 Å². The Morgan fingerprint density at radius 3 is 1.35 bits per heavy atom. The Hall–Kier alpha value is -3.10. The van der Waals surface area contributed by atoms with E-state index in [1.165, 1.54) is 70.6 Å². The average Bonchev–Trinajstić information content (AvgIpc) is 3.30. The van der Waals surface area contributed by atoms with E-state index in [1.807, 2.05) is 27.2 Å². The van der Waals surface area contributed by atoms with Gasteiger partial charge in [-0.2, -0.15) is 0 Å². The second kappa shape index (κ2) is 48.9. The first-order chi connectivity index (χ1) is 33.0. The summed E-state index contributed by atoms with van der Waals surface area (Å²) in [4.78, 5) is 25.4. The van der Waals surface area contributed by atoms with E-state index >= 15 is 0 Å². The maximum Gasteiger partial charge on any atom is 0.268 e. The molecule has 3 unspecified atom stereocenters. The molecule has 8 nitrogen and oxygen atoms in total. The van der Waals surface area contributed by atoms with E-state index in [-0.39, 0.29) is 12.5 Å². The second-order valence-corrected chi connectivity index (χ2v) is 20.2. The number of allylic oxidation sites excluding steroid dienone is 19. The number of aliphatic hydroxyl groups is 1. The Labute approximate surface area is 418 Å². The molecule has 0 radical (unpaired) electrons. The SMILES string of the molecule is CC/C=C\C/C=C\C/C=C\C/C=C\C/C=C\C/C=C\C/C=C\CCCCCCCCCCCCCCCC(=O)NC(COP(=O)([O-])OCC[N+](C)(C)C)C(O)/C=C/CC/C=C/CC/C=C/CCC. The Balaban J connectivity index is 4.09. The van der Waals surface area contributed by atoms with Crippen LogP contribution in [0, 0.1) is 0 Å². The van der Waals surface area contributed by atoms with Crippen molar-refractivity contribution in [2.45, 2.75) is 206 Å². The van der Waals surface area contributed by atoms with Gasteiger partial charge in [-0.15, -0.1) is 0 Å². The molecule has 388 valence electrons. The van der Waals surface area contributed by atoms with Gasteiger partial charge in [0.25, 0.3) is 7.82 Å². The Morgan fingerprint density at radius 1 is 0.529 bits per heavy atom. The summed E-state index contributed by atoms with van der Waals surface area (Å²) in [6, 6.07) is -0.916. The summed E-state index contributed by atoms with van der Waals surface area (Å²) < 4.78 is 23.2. The third-order valence-electron chi connectivity index (χ3n) is 11.1. The van der Waals surface area contributed by atoms with E-state index in [0.717, 1.165) is 103 Å². The molecule has 9 heteroatoms. The van der Waals surface area contributed by atoms with Crippen LogP contribution < -0.4 is 10.2 Å². The number of amides is 1. The normalized spacial score (nSPS) is 15.0. The summed E-state index contributed by atoms with van der Waals surface area (Å²) in [5.41, 5.74) is 0. The number of hydrogen-bond donors (Lipinski definition) is 2. The molecule has 0 saturated heterocycles. The largest absolute Gasteiger partial charge is 0.756 e. The molecule has 0 aliphatic rings. The van der Waals surface area contributed by atoms with Crippen LogP contribution in [0.1, 0.15) is 194 Å². The standard InChI is InChI=1S/C59H101N2O6P/c1-6-8-10-12-14-16-18-19-20-21-22-23-24-25-26-27-28-29-30-31-32-33-34-35-36-37-38-39-40-41-43-45-47-49-51-53-59(63)60-57(56-67-68(64,65)66-55-54-61(3,4)5)58(62)52-50-48-46-44-42-17-15-13-11-9-7-2/h8,10-11,13-14,16,19-20,22-23,25-26,28-29,31-32,42,44,50,52,57-58,62H,6-7,9,12,15,17-18,21,24,27,30,33-41,43,45-49,51,53-56H2,1-5H3,(H-,60,63,64,65)/b10-8-,13-11+,16-14-,20-19-,23-22-,26-25-,29-28-,32-31-,44-42+,52-50+. The molecular formula is C59H101N2O6P. The number of carbonyl (C=O) groups is 1. The fourth-order valence-electron chi connectivity index (χ4n) is 6.94. The minimum Gasteiger partial charge on any atom is -0.756 e. The van der Waals surface area contributed by atoms with Crippen LogP contribution in [0.2, 0.25) is 0 Å². The maximum atomic E-state index is 12.9. The van der Waals surface area contributed by atoms with Crippen LogP contribution >= 0.6 is 7.82 Å². The summed E-state index contributed by atoms with van der Waals surface area (Å²) in [7, 11) is 1.22. The van der Waals surface area contributed by atoms with Gasteiger partial charge in [-0.25, -0.2) is 0 Å². The monoisotopic (exact) mass is 965 g/mol. The topological polar surface area (TPSA) is 108 Å². The van der Waals surface area contributed by atoms with Gasteiger partial charge in [0.2, 0.25) is 5.91 Å². The van der Waals surface area contributed by atoms with Gasteiger partial charge >= 0.3 is 0 Å². The van der Waals surface area contributed by atoms with Crippen molar-refractivity contribution in [2.24, 2.45) is 0 Å². The lowest BCUT2D eigenvalue weighted by Crippen LogP contribution is -2.45. The molecule has 0 bridgehead atoms. The van der Waals surface area contributed by atoms with Crippen molar-refractivity contribution in [1.82, 2.24) is 5.32 Å². The average molecular weight is 965 g/mol. The number of phosphoric acid groups is 1. The summed E-state index contributed by atoms with van der Waals surface area (Å²) in [5.74, 6) is -0.220. The number of unbranched alkanes of at least 4 members (excludes halogenated alkanes) is 16. The molecular weight excluding hydrogens is 864 g/mol. The van der Waals surface area contributed by atoms with Gasteiger partial charge in [0.05, 0.1) is 39.9 Å². The minimum atomic E-state index is -4.61. The minimum absolute atomic E-state index is 0.0148. The van der Waals surface area contributed by atoms with Crippen LogP contribution in [-0.4, -0.2) is 68.5 Å². The molecule has 0 fully saturated rings. The van der Waals surface area contributed by atoms with Gasteiger partial charge < -0.3 is 28.8 Å². The molecule has 0 aliphatic heterocycles. The number of phosphoric ester groups is 1. The number of likely N-dealkylation sites (N-methyl/N-ethyl adjacent to an activating group) is 1. The highest BCUT2D eigenvalue weighted by atomic mass is 31.2. The number of quaternary nitrogens is 1. The molecule has 0 saturated carbocycles. The van der Waals surface area contributed by atoms with Crippen molar-refractivity contribution in [3.05, 3.63) is 122 Å². The predicted molar refractivity (Wildman–Crippen MR) is 292 cm³/mol. The predicted octanol–water partition coefficient (Wildman–Crippen LogP) is 15.6. The van der Waals surface area contributed by atoms with Gasteiger partial charge in [0.1, 0.15) is 13.2 Å². The number of nitrogens with zero attached hydrogens (tertiary/aromatic N) is 1. The highest BCUT2D eigenvalue weighted by Gasteiger charge is 2.23. The third-order valence-corrected chi connectivity index (χ3v) is 12.1. The van der Waals surface area contributed by atoms with Crippen LogP contribution in [0.4, 0.5) is 0 Å². The van der Waals surface area contributed by atoms with Crippen molar-refractivity contribution in [3.63, 3.8) is 0 Å². The van der Waals surface area contributed by atoms with E-state index in [4.69, 9.17) is 9.05 Å². The first-order valence-corrected chi connectivity index (χ1v) is 28.4. The summed E-state index contributed by atoms with van der Waals surface area (Å²) in [6.07, 6.45) is 72.9. The van der Waals surface area contributed by atoms with Crippen LogP contribution in [0.3, 0.4) is 0 Å². The van der Waals surface area contributed by atoms with E-state index in [2.05, 4.69) is 129 Å². The van der Waals surface area contributed by atoms with E-state index in [0.29, 0.717) is 17.4 Å². The highest BCUT2D eigenvalue weighted by molar-refractivity contribution is 7.45. The maximum absolute atomic E-state index is 12.9. The van der Waals surface area contributed by atoms with Crippen LogP contribution in [0.25, 0.3) is 0 Å². The molecule has 1 amide bonds. The van der Waals surface area contributed by atoms with Gasteiger partial charge in [0.15, 0.2) is 0 Å². The fraction of sp³-hybridized carbons (Fsp3) is 0.644. The van der Waals surface area contributed by atoms with Crippen molar-refractivity contribution in [3.8, 4) is 0 Å². The zero-order valence-corrected chi connectivity index (χ0v) is 44.9. The molecule has 3 atom stereocenters. The molecule has 0 aliphatic carbocycles. The Bertz CT molecular complexity index is 1510. The Morgan fingerprint density at radius 2 is 0.912 bits per heavy atom. The van der Waals surface area contributed by atoms with Crippen molar-refractivity contribution < 1.29 is 32.9 Å². The molecule has 0 aromatic carbocycles. The fourth-order valence-corrected chi connectivity index (χ4v) is 7.66. The number of rotatable bonds is 47. The molecule has 0 aromatic rings. The van der Waals surface area contributed by atoms with Crippen molar-refractivity contribution >= 4 is 13.7 Å². The zero-order valence-electron chi connectivity index (χ0n) is 44.0. The molecule has 0 spiro atoms. The number of carbonyl (C=O) groups excluding carboxylic acids is 1. The van der Waals surface area contributed by atoms with Gasteiger partial charge in [-0.05, 0) is 96.3 Å². The second-order valence-electron chi connectivity index (χ2n) is 18.8. The lowest BCUT2D eigenvalue weighted by atomic mass is 10.0. The Kier molecular flexibility index (Phi) is 46.7. The van der Waals surface area contributed by atoms with E-state index in [1.54, 1.807) is 6.08 Å². The zero-order chi connectivity index (χ0) is 49.9. The smallest absolute Gasteiger partial charge is 0.268 e. The number of aliphatic hydroxyl groups excluding tert-OH is 1. The van der Waals surface area contributed by atoms with Gasteiger partial charge in [-0.3, -0.25) is 9.36 Å². The van der Waals surface area contributed by atoms with Crippen molar-refractivity contribution in [1.29, 1.82) is 0 Å². The molecule has 0 rings (SSSR count). The highest BCUT2D eigenvalue weighted by Crippen LogP contribution is 2.38. The van der Waals surface area contributed by atoms with E-state index < -0.39 is 26.6 Å². The molecule has 68 heavy (non-hydrogen) atoms. The molecule has 2 N–H and O–H groups in total. The number of nitrogens with one attached hydrogen (secondary N) is 1. The molecule has 0 aromatic heterocycles. The summed E-state index contributed by atoms with van der Waals surface area (Å²) >= 11 is 0. The number of hydrogen-bond acceptors (Lipinski definition) is 6. The third kappa shape index (κ3) is 50.8. The van der Waals surface area contributed by atoms with Crippen LogP contribution in [-0.2, 0) is 18.4 Å². The first kappa shape index (κ1) is 64.9. The summed E-state index contributed by atoms with van der Waals surface area (Å²) in [5, 5.41) is 13.7. The van der Waals surface area contributed by atoms with E-state index in [9.17, 15) is 19.4 Å².